The molecule has 0 aromatic heterocycles. The van der Waals surface area contributed by atoms with Gasteiger partial charge in [0.2, 0.25) is 0 Å². The Labute approximate surface area is 107 Å². The maximum Gasteiger partial charge on any atom is 0.127 e. The monoisotopic (exact) mass is 256 g/mol. The maximum absolute atomic E-state index is 13.6. The van der Waals surface area contributed by atoms with Crippen molar-refractivity contribution in [2.45, 2.75) is 19.4 Å². The molecular weight excluding hydrogens is 239 g/mol. The predicted molar refractivity (Wildman–Crippen MR) is 69.0 cm³/mol. The predicted octanol–water partition coefficient (Wildman–Crippen LogP) is 2.32. The van der Waals surface area contributed by atoms with Crippen molar-refractivity contribution in [1.29, 1.82) is 0 Å². The molecule has 2 rings (SSSR count). The summed E-state index contributed by atoms with van der Waals surface area (Å²) in [7, 11) is 0. The van der Waals surface area contributed by atoms with Gasteiger partial charge in [0.05, 0.1) is 0 Å². The topological polar surface area (TPSA) is 15.3 Å². The summed E-state index contributed by atoms with van der Waals surface area (Å²) in [5, 5.41) is 3.88. The summed E-state index contributed by atoms with van der Waals surface area (Å²) < 4.78 is 13.6. The second kappa shape index (κ2) is 5.80. The largest absolute Gasteiger partial charge is 0.314 e. The van der Waals surface area contributed by atoms with Crippen LogP contribution >= 0.6 is 11.6 Å². The maximum atomic E-state index is 13.6. The van der Waals surface area contributed by atoms with Crippen LogP contribution in [-0.4, -0.2) is 37.1 Å². The number of hydrogen-bond acceptors (Lipinski definition) is 2. The molecule has 0 unspecified atom stereocenters. The lowest BCUT2D eigenvalue weighted by atomic mass is 10.1. The van der Waals surface area contributed by atoms with E-state index in [1.54, 1.807) is 12.1 Å². The first-order chi connectivity index (χ1) is 8.18. The van der Waals surface area contributed by atoms with Gasteiger partial charge in [0.1, 0.15) is 5.82 Å². The minimum absolute atomic E-state index is 0.194. The minimum Gasteiger partial charge on any atom is -0.314 e. The summed E-state index contributed by atoms with van der Waals surface area (Å²) in [5.41, 5.74) is 0.639. The molecule has 1 saturated heterocycles. The van der Waals surface area contributed by atoms with Crippen molar-refractivity contribution in [2.75, 3.05) is 26.2 Å². The molecule has 17 heavy (non-hydrogen) atoms. The molecule has 0 saturated carbocycles. The zero-order chi connectivity index (χ0) is 12.3. The average molecular weight is 257 g/mol. The number of rotatable bonds is 3. The van der Waals surface area contributed by atoms with Crippen LogP contribution in [-0.2, 0) is 6.42 Å². The van der Waals surface area contributed by atoms with Crippen LogP contribution in [0.1, 0.15) is 12.5 Å². The van der Waals surface area contributed by atoms with E-state index in [0.717, 1.165) is 26.2 Å². The lowest BCUT2D eigenvalue weighted by Crippen LogP contribution is -2.50. The van der Waals surface area contributed by atoms with Crippen LogP contribution in [0.4, 0.5) is 4.39 Å². The van der Waals surface area contributed by atoms with Gasteiger partial charge in [0, 0.05) is 42.8 Å². The van der Waals surface area contributed by atoms with Gasteiger partial charge in [-0.25, -0.2) is 4.39 Å². The normalized spacial score (nSPS) is 21.7. The number of nitrogens with zero attached hydrogens (tertiary/aromatic N) is 1. The van der Waals surface area contributed by atoms with Crippen LogP contribution in [0.5, 0.6) is 0 Å². The lowest BCUT2D eigenvalue weighted by Gasteiger charge is -2.33. The minimum atomic E-state index is -0.194. The number of halogens is 2. The highest BCUT2D eigenvalue weighted by molar-refractivity contribution is 6.31. The van der Waals surface area contributed by atoms with Crippen molar-refractivity contribution in [2.24, 2.45) is 0 Å². The van der Waals surface area contributed by atoms with Gasteiger partial charge in [-0.3, -0.25) is 4.90 Å². The van der Waals surface area contributed by atoms with Gasteiger partial charge in [-0.15, -0.1) is 0 Å². The Balaban J connectivity index is 1.97. The van der Waals surface area contributed by atoms with Crippen LogP contribution in [0.15, 0.2) is 18.2 Å². The smallest absolute Gasteiger partial charge is 0.127 e. The van der Waals surface area contributed by atoms with Crippen molar-refractivity contribution in [3.63, 3.8) is 0 Å². The molecule has 1 aromatic rings. The van der Waals surface area contributed by atoms with E-state index in [9.17, 15) is 4.39 Å². The Morgan fingerprint density at radius 3 is 3.06 bits per heavy atom. The Hall–Kier alpha value is -0.640. The van der Waals surface area contributed by atoms with Crippen molar-refractivity contribution < 1.29 is 4.39 Å². The Kier molecular flexibility index (Phi) is 4.37. The fourth-order valence-corrected chi connectivity index (χ4v) is 2.50. The summed E-state index contributed by atoms with van der Waals surface area (Å²) in [4.78, 5) is 2.37. The van der Waals surface area contributed by atoms with E-state index in [1.165, 1.54) is 6.07 Å². The Bertz CT molecular complexity index is 363. The van der Waals surface area contributed by atoms with Crippen molar-refractivity contribution in [3.05, 3.63) is 34.6 Å². The third-order valence-electron chi connectivity index (χ3n) is 3.35. The first-order valence-corrected chi connectivity index (χ1v) is 6.44. The molecule has 0 amide bonds. The molecule has 0 bridgehead atoms. The Morgan fingerprint density at radius 2 is 2.35 bits per heavy atom. The van der Waals surface area contributed by atoms with Crippen LogP contribution < -0.4 is 5.32 Å². The standard InChI is InChI=1S/C13H18ClFN2/c1-10-9-16-6-8-17(10)7-5-11-12(14)3-2-4-13(11)15/h2-4,10,16H,5-9H2,1H3/t10-/m1/s1. The molecule has 1 aromatic carbocycles. The van der Waals surface area contributed by atoms with Gasteiger partial charge in [0.25, 0.3) is 0 Å². The molecule has 0 spiro atoms. The molecule has 94 valence electrons. The van der Waals surface area contributed by atoms with Gasteiger partial charge in [-0.1, -0.05) is 17.7 Å². The van der Waals surface area contributed by atoms with Gasteiger partial charge < -0.3 is 5.32 Å². The first-order valence-electron chi connectivity index (χ1n) is 6.06. The molecular formula is C13H18ClFN2. The van der Waals surface area contributed by atoms with Crippen LogP contribution in [0.25, 0.3) is 0 Å². The SMILES string of the molecule is C[C@@H]1CNCCN1CCc1c(F)cccc1Cl. The molecule has 1 fully saturated rings. The highest BCUT2D eigenvalue weighted by Gasteiger charge is 2.18. The number of piperazine rings is 1. The molecule has 1 aliphatic heterocycles. The summed E-state index contributed by atoms with van der Waals surface area (Å²) >= 11 is 6.01. The molecule has 4 heteroatoms. The Morgan fingerprint density at radius 1 is 1.53 bits per heavy atom. The number of hydrogen-bond donors (Lipinski definition) is 1. The summed E-state index contributed by atoms with van der Waals surface area (Å²) in [5.74, 6) is -0.194. The quantitative estimate of drug-likeness (QED) is 0.893. The van der Waals surface area contributed by atoms with E-state index in [2.05, 4.69) is 17.1 Å². The number of benzene rings is 1. The third-order valence-corrected chi connectivity index (χ3v) is 3.70. The van der Waals surface area contributed by atoms with E-state index in [-0.39, 0.29) is 5.82 Å². The molecule has 2 nitrogen and oxygen atoms in total. The molecule has 0 radical (unpaired) electrons. The van der Waals surface area contributed by atoms with E-state index in [0.29, 0.717) is 23.0 Å². The summed E-state index contributed by atoms with van der Waals surface area (Å²) in [6, 6.07) is 5.38. The van der Waals surface area contributed by atoms with Crippen molar-refractivity contribution in [1.82, 2.24) is 10.2 Å². The molecule has 0 aliphatic carbocycles. The van der Waals surface area contributed by atoms with E-state index in [1.807, 2.05) is 0 Å². The zero-order valence-corrected chi connectivity index (χ0v) is 10.8. The van der Waals surface area contributed by atoms with Crippen LogP contribution in [0.2, 0.25) is 5.02 Å². The van der Waals surface area contributed by atoms with Gasteiger partial charge in [-0.05, 0) is 25.5 Å². The summed E-state index contributed by atoms with van der Waals surface area (Å²) in [6.07, 6.45) is 0.676. The highest BCUT2D eigenvalue weighted by atomic mass is 35.5. The molecule has 1 aliphatic rings. The van der Waals surface area contributed by atoms with Crippen LogP contribution in [0, 0.1) is 5.82 Å². The van der Waals surface area contributed by atoms with E-state index >= 15 is 0 Å². The van der Waals surface area contributed by atoms with Crippen LogP contribution in [0.3, 0.4) is 0 Å². The molecule has 1 atom stereocenters. The van der Waals surface area contributed by atoms with Gasteiger partial charge in [-0.2, -0.15) is 0 Å². The fourth-order valence-electron chi connectivity index (χ4n) is 2.24. The number of nitrogens with one attached hydrogen (secondary N) is 1. The fraction of sp³-hybridized carbons (Fsp3) is 0.538. The van der Waals surface area contributed by atoms with E-state index in [4.69, 9.17) is 11.6 Å². The highest BCUT2D eigenvalue weighted by Crippen LogP contribution is 2.20. The van der Waals surface area contributed by atoms with E-state index < -0.39 is 0 Å². The van der Waals surface area contributed by atoms with Crippen molar-refractivity contribution >= 4 is 11.6 Å². The first kappa shape index (κ1) is 12.8. The third kappa shape index (κ3) is 3.18. The zero-order valence-electron chi connectivity index (χ0n) is 10.0. The summed E-state index contributed by atoms with van der Waals surface area (Å²) in [6.45, 7) is 6.09. The average Bonchev–Trinajstić information content (AvgIpc) is 2.30. The molecule has 1 heterocycles. The van der Waals surface area contributed by atoms with Crippen molar-refractivity contribution in [3.8, 4) is 0 Å². The molecule has 1 N–H and O–H groups in total. The lowest BCUT2D eigenvalue weighted by molar-refractivity contribution is 0.175. The van der Waals surface area contributed by atoms with Gasteiger partial charge in [0.15, 0.2) is 0 Å². The second-order valence-electron chi connectivity index (χ2n) is 4.54. The second-order valence-corrected chi connectivity index (χ2v) is 4.95. The van der Waals surface area contributed by atoms with Gasteiger partial charge >= 0.3 is 0 Å².